The van der Waals surface area contributed by atoms with Gasteiger partial charge in [-0.2, -0.15) is 0 Å². The molecular formula is C24H45N2S+. The largest absolute Gasteiger partial charge is 0.336 e. The lowest BCUT2D eigenvalue weighted by atomic mass is 10.0. The maximum absolute atomic E-state index is 2.66. The van der Waals surface area contributed by atoms with Crippen molar-refractivity contribution >= 4 is 16.5 Å². The maximum atomic E-state index is 2.66. The van der Waals surface area contributed by atoms with Crippen molar-refractivity contribution in [3.8, 4) is 0 Å². The molecule has 0 spiro atoms. The number of rotatable bonds is 15. The van der Waals surface area contributed by atoms with Crippen LogP contribution in [0.1, 0.15) is 115 Å². The number of hydrogen-bond donors (Lipinski definition) is 0. The van der Waals surface area contributed by atoms with E-state index in [1.165, 1.54) is 133 Å². The van der Waals surface area contributed by atoms with Crippen LogP contribution < -0.4 is 9.47 Å². The van der Waals surface area contributed by atoms with E-state index in [4.69, 9.17) is 0 Å². The standard InChI is InChI=1S/C24H45N2S/c1-3-4-5-6-7-8-9-10-11-12-13-14-15-16-19-25-20-17-18-21-26-23(2)22-27-24(25)26/h22H,3-21H2,1-2H3/q+1. The minimum atomic E-state index is 1.22. The summed E-state index contributed by atoms with van der Waals surface area (Å²) < 4.78 is 2.54. The predicted octanol–water partition coefficient (Wildman–Crippen LogP) is 7.43. The molecule has 0 saturated carbocycles. The first-order chi connectivity index (χ1) is 13.3. The SMILES string of the molecule is CCCCCCCCCCCCCCCCN1CCCC[n+]2c(C)csc21. The van der Waals surface area contributed by atoms with Gasteiger partial charge in [0.25, 0.3) is 0 Å². The van der Waals surface area contributed by atoms with Crippen LogP contribution in [0.15, 0.2) is 5.38 Å². The van der Waals surface area contributed by atoms with Crippen LogP contribution in [0.2, 0.25) is 0 Å². The topological polar surface area (TPSA) is 7.12 Å². The van der Waals surface area contributed by atoms with Crippen LogP contribution >= 0.6 is 11.3 Å². The van der Waals surface area contributed by atoms with Crippen molar-refractivity contribution in [1.29, 1.82) is 0 Å². The fourth-order valence-electron chi connectivity index (χ4n) is 4.31. The van der Waals surface area contributed by atoms with E-state index in [2.05, 4.69) is 28.7 Å². The van der Waals surface area contributed by atoms with Gasteiger partial charge in [-0.1, -0.05) is 95.3 Å². The van der Waals surface area contributed by atoms with Crippen molar-refractivity contribution in [2.75, 3.05) is 18.0 Å². The van der Waals surface area contributed by atoms with Crippen LogP contribution in [-0.2, 0) is 6.54 Å². The van der Waals surface area contributed by atoms with Gasteiger partial charge in [-0.25, -0.2) is 4.57 Å². The van der Waals surface area contributed by atoms with Crippen molar-refractivity contribution in [2.24, 2.45) is 0 Å². The number of aryl methyl sites for hydroxylation is 1. The van der Waals surface area contributed by atoms with Crippen LogP contribution in [0, 0.1) is 6.92 Å². The Labute approximate surface area is 173 Å². The van der Waals surface area contributed by atoms with E-state index in [1.807, 2.05) is 11.3 Å². The molecule has 0 saturated heterocycles. The summed E-state index contributed by atoms with van der Waals surface area (Å²) in [5.41, 5.74) is 1.45. The lowest BCUT2D eigenvalue weighted by Gasteiger charge is -2.14. The second kappa shape index (κ2) is 14.4. The number of thiazole rings is 1. The van der Waals surface area contributed by atoms with Gasteiger partial charge in [0, 0.05) is 5.38 Å². The van der Waals surface area contributed by atoms with Gasteiger partial charge in [-0.15, -0.1) is 0 Å². The molecule has 0 aliphatic carbocycles. The highest BCUT2D eigenvalue weighted by molar-refractivity contribution is 7.13. The zero-order valence-corrected chi connectivity index (χ0v) is 19.1. The smallest absolute Gasteiger partial charge is 0.252 e. The Morgan fingerprint density at radius 2 is 1.37 bits per heavy atom. The molecule has 27 heavy (non-hydrogen) atoms. The van der Waals surface area contributed by atoms with E-state index in [0.29, 0.717) is 0 Å². The molecule has 2 rings (SSSR count). The van der Waals surface area contributed by atoms with Crippen molar-refractivity contribution in [2.45, 2.75) is 123 Å². The van der Waals surface area contributed by atoms with E-state index in [9.17, 15) is 0 Å². The zero-order chi connectivity index (χ0) is 19.2. The third-order valence-electron chi connectivity index (χ3n) is 6.10. The van der Waals surface area contributed by atoms with E-state index in [1.54, 1.807) is 0 Å². The maximum Gasteiger partial charge on any atom is 0.336 e. The van der Waals surface area contributed by atoms with Gasteiger partial charge in [0.1, 0.15) is 5.69 Å². The molecule has 0 fully saturated rings. The number of aromatic nitrogens is 1. The highest BCUT2D eigenvalue weighted by Gasteiger charge is 2.25. The molecule has 1 aliphatic heterocycles. The number of unbranched alkanes of at least 4 members (excludes halogenated alkanes) is 13. The molecule has 0 radical (unpaired) electrons. The Morgan fingerprint density at radius 1 is 0.815 bits per heavy atom. The van der Waals surface area contributed by atoms with Crippen molar-refractivity contribution in [3.05, 3.63) is 11.1 Å². The second-order valence-corrected chi connectivity index (χ2v) is 9.44. The lowest BCUT2D eigenvalue weighted by molar-refractivity contribution is -0.685. The first-order valence-electron chi connectivity index (χ1n) is 12.1. The van der Waals surface area contributed by atoms with Crippen LogP contribution in [0.25, 0.3) is 0 Å². The minimum absolute atomic E-state index is 1.22. The number of anilines is 1. The van der Waals surface area contributed by atoms with Gasteiger partial charge in [0.15, 0.2) is 0 Å². The molecule has 1 aliphatic rings. The Bertz CT molecular complexity index is 483. The molecule has 0 unspecified atom stereocenters. The quantitative estimate of drug-likeness (QED) is 0.222. The van der Waals surface area contributed by atoms with Crippen molar-refractivity contribution in [1.82, 2.24) is 0 Å². The molecule has 3 heteroatoms. The van der Waals surface area contributed by atoms with E-state index < -0.39 is 0 Å². The van der Waals surface area contributed by atoms with E-state index in [0.717, 1.165) is 0 Å². The third kappa shape index (κ3) is 8.98. The number of fused-ring (bicyclic) bond motifs is 1. The molecule has 1 aromatic heterocycles. The average Bonchev–Trinajstić information content (AvgIpc) is 2.91. The Kier molecular flexibility index (Phi) is 12.1. The van der Waals surface area contributed by atoms with Gasteiger partial charge in [-0.3, -0.25) is 4.90 Å². The molecule has 156 valence electrons. The molecule has 2 nitrogen and oxygen atoms in total. The van der Waals surface area contributed by atoms with Gasteiger partial charge < -0.3 is 0 Å². The first-order valence-corrected chi connectivity index (χ1v) is 12.9. The Morgan fingerprint density at radius 3 is 1.96 bits per heavy atom. The lowest BCUT2D eigenvalue weighted by Crippen LogP contribution is -2.40. The minimum Gasteiger partial charge on any atom is -0.252 e. The fraction of sp³-hybridized carbons (Fsp3) is 0.875. The molecule has 0 amide bonds. The van der Waals surface area contributed by atoms with Crippen molar-refractivity contribution < 1.29 is 4.57 Å². The van der Waals surface area contributed by atoms with Crippen molar-refractivity contribution in [3.63, 3.8) is 0 Å². The average molecular weight is 394 g/mol. The van der Waals surface area contributed by atoms with Crippen LogP contribution in [-0.4, -0.2) is 13.1 Å². The predicted molar refractivity (Wildman–Crippen MR) is 121 cm³/mol. The highest BCUT2D eigenvalue weighted by Crippen LogP contribution is 2.22. The zero-order valence-electron chi connectivity index (χ0n) is 18.3. The van der Waals surface area contributed by atoms with E-state index in [-0.39, 0.29) is 0 Å². The molecule has 0 N–H and O–H groups in total. The number of hydrogen-bond acceptors (Lipinski definition) is 2. The Hall–Kier alpha value is -0.570. The van der Waals surface area contributed by atoms with E-state index >= 15 is 0 Å². The van der Waals surface area contributed by atoms with Gasteiger partial charge >= 0.3 is 5.13 Å². The first kappa shape index (κ1) is 22.7. The molecule has 0 bridgehead atoms. The van der Waals surface area contributed by atoms with Crippen LogP contribution in [0.4, 0.5) is 5.13 Å². The summed E-state index contributed by atoms with van der Waals surface area (Å²) >= 11 is 1.95. The highest BCUT2D eigenvalue weighted by atomic mass is 32.1. The third-order valence-corrected chi connectivity index (χ3v) is 7.25. The number of nitrogens with zero attached hydrogens (tertiary/aromatic N) is 2. The molecular weight excluding hydrogens is 348 g/mol. The molecule has 2 heterocycles. The van der Waals surface area contributed by atoms with Gasteiger partial charge in [0.05, 0.1) is 19.6 Å². The summed E-state index contributed by atoms with van der Waals surface area (Å²) in [6, 6.07) is 0. The monoisotopic (exact) mass is 393 g/mol. The van der Waals surface area contributed by atoms with Gasteiger partial charge in [0.2, 0.25) is 0 Å². The van der Waals surface area contributed by atoms with Crippen LogP contribution in [0.5, 0.6) is 0 Å². The van der Waals surface area contributed by atoms with Crippen LogP contribution in [0.3, 0.4) is 0 Å². The summed E-state index contributed by atoms with van der Waals surface area (Å²) in [6.45, 7) is 8.31. The second-order valence-electron chi connectivity index (χ2n) is 8.60. The summed E-state index contributed by atoms with van der Waals surface area (Å²) in [4.78, 5) is 2.66. The fourth-order valence-corrected chi connectivity index (χ4v) is 5.40. The summed E-state index contributed by atoms with van der Waals surface area (Å²) in [5, 5.41) is 3.85. The summed E-state index contributed by atoms with van der Waals surface area (Å²) in [6.07, 6.45) is 22.9. The summed E-state index contributed by atoms with van der Waals surface area (Å²) in [5.74, 6) is 0. The normalized spacial score (nSPS) is 14.4. The molecule has 1 aromatic rings. The summed E-state index contributed by atoms with van der Waals surface area (Å²) in [7, 11) is 0. The van der Waals surface area contributed by atoms with Gasteiger partial charge in [-0.05, 0) is 32.6 Å². The molecule has 0 aromatic carbocycles. The Balaban J connectivity index is 1.42. The molecule has 0 atom stereocenters.